The number of piperazine rings is 1. The summed E-state index contributed by atoms with van der Waals surface area (Å²) >= 11 is 0. The summed E-state index contributed by atoms with van der Waals surface area (Å²) in [6.07, 6.45) is 0. The first-order chi connectivity index (χ1) is 11.9. The van der Waals surface area contributed by atoms with Gasteiger partial charge >= 0.3 is 0 Å². The summed E-state index contributed by atoms with van der Waals surface area (Å²) in [5.41, 5.74) is 2.64. The van der Waals surface area contributed by atoms with Crippen LogP contribution in [0.25, 0.3) is 0 Å². The molecule has 1 aromatic carbocycles. The van der Waals surface area contributed by atoms with E-state index in [2.05, 4.69) is 79.4 Å². The average Bonchev–Trinajstić information content (AvgIpc) is 2.55. The van der Waals surface area contributed by atoms with E-state index in [4.69, 9.17) is 4.99 Å². The van der Waals surface area contributed by atoms with E-state index in [-0.39, 0.29) is 29.5 Å². The van der Waals surface area contributed by atoms with Crippen LogP contribution in [-0.2, 0) is 13.1 Å². The molecule has 2 rings (SSSR count). The van der Waals surface area contributed by atoms with Crippen molar-refractivity contribution >= 4 is 29.9 Å². The third kappa shape index (κ3) is 8.68. The summed E-state index contributed by atoms with van der Waals surface area (Å²) < 4.78 is 0. The van der Waals surface area contributed by atoms with E-state index in [1.54, 1.807) is 0 Å². The van der Waals surface area contributed by atoms with Gasteiger partial charge in [0.15, 0.2) is 5.96 Å². The molecule has 148 valence electrons. The second-order valence-electron chi connectivity index (χ2n) is 7.97. The lowest BCUT2D eigenvalue weighted by Crippen LogP contribution is -2.47. The van der Waals surface area contributed by atoms with Crippen molar-refractivity contribution in [2.45, 2.75) is 46.3 Å². The third-order valence-corrected chi connectivity index (χ3v) is 4.28. The molecule has 0 radical (unpaired) electrons. The minimum Gasteiger partial charge on any atom is -0.357 e. The van der Waals surface area contributed by atoms with Crippen LogP contribution in [0.1, 0.15) is 38.8 Å². The highest BCUT2D eigenvalue weighted by Crippen LogP contribution is 2.10. The molecule has 5 nitrogen and oxygen atoms in total. The SMILES string of the molecule is CCNC(=NCc1ccc(CN2CCN(C)CC2)cc1)NC(C)(C)C.I. The first kappa shape index (κ1) is 23.2. The summed E-state index contributed by atoms with van der Waals surface area (Å²) in [6, 6.07) is 8.89. The van der Waals surface area contributed by atoms with Crippen LogP contribution in [-0.4, -0.2) is 61.1 Å². The van der Waals surface area contributed by atoms with E-state index < -0.39 is 0 Å². The van der Waals surface area contributed by atoms with E-state index in [1.807, 2.05) is 0 Å². The summed E-state index contributed by atoms with van der Waals surface area (Å²) in [5, 5.41) is 6.73. The molecule has 6 heteroatoms. The molecule has 1 fully saturated rings. The number of likely N-dealkylation sites (N-methyl/N-ethyl adjacent to an activating group) is 1. The minimum absolute atomic E-state index is 0. The minimum atomic E-state index is 0. The lowest BCUT2D eigenvalue weighted by atomic mass is 10.1. The fraction of sp³-hybridized carbons (Fsp3) is 0.650. The number of hydrogen-bond acceptors (Lipinski definition) is 3. The molecule has 0 aliphatic carbocycles. The quantitative estimate of drug-likeness (QED) is 0.392. The number of rotatable bonds is 5. The Morgan fingerprint density at radius 3 is 2.15 bits per heavy atom. The highest BCUT2D eigenvalue weighted by atomic mass is 127. The van der Waals surface area contributed by atoms with Crippen LogP contribution in [0.15, 0.2) is 29.3 Å². The predicted octanol–water partition coefficient (Wildman–Crippen LogP) is 2.91. The van der Waals surface area contributed by atoms with Gasteiger partial charge in [0, 0.05) is 44.8 Å². The van der Waals surface area contributed by atoms with Crippen LogP contribution in [0.2, 0.25) is 0 Å². The fourth-order valence-electron chi connectivity index (χ4n) is 2.85. The van der Waals surface area contributed by atoms with Crippen LogP contribution >= 0.6 is 24.0 Å². The lowest BCUT2D eigenvalue weighted by molar-refractivity contribution is 0.148. The zero-order chi connectivity index (χ0) is 18.3. The van der Waals surface area contributed by atoms with Gasteiger partial charge in [-0.1, -0.05) is 24.3 Å². The number of halogens is 1. The molecule has 0 amide bonds. The molecule has 0 atom stereocenters. The van der Waals surface area contributed by atoms with Gasteiger partial charge in [0.25, 0.3) is 0 Å². The summed E-state index contributed by atoms with van der Waals surface area (Å²) in [5.74, 6) is 0.872. The molecule has 1 heterocycles. The summed E-state index contributed by atoms with van der Waals surface area (Å²) in [6.45, 7) is 15.8. The van der Waals surface area contributed by atoms with E-state index >= 15 is 0 Å². The molecule has 1 aromatic rings. The summed E-state index contributed by atoms with van der Waals surface area (Å²) in [4.78, 5) is 9.63. The Hall–Kier alpha value is -0.860. The molecule has 0 aromatic heterocycles. The molecule has 0 bridgehead atoms. The molecule has 1 aliphatic rings. The number of nitrogens with zero attached hydrogens (tertiary/aromatic N) is 3. The second kappa shape index (κ2) is 11.1. The van der Waals surface area contributed by atoms with Gasteiger partial charge < -0.3 is 15.5 Å². The van der Waals surface area contributed by atoms with Crippen LogP contribution < -0.4 is 10.6 Å². The first-order valence-corrected chi connectivity index (χ1v) is 9.41. The van der Waals surface area contributed by atoms with Gasteiger partial charge in [-0.15, -0.1) is 24.0 Å². The van der Waals surface area contributed by atoms with Gasteiger partial charge in [0.1, 0.15) is 0 Å². The smallest absolute Gasteiger partial charge is 0.191 e. The van der Waals surface area contributed by atoms with Crippen LogP contribution in [0.4, 0.5) is 0 Å². The van der Waals surface area contributed by atoms with Crippen molar-refractivity contribution in [2.24, 2.45) is 4.99 Å². The van der Waals surface area contributed by atoms with Crippen molar-refractivity contribution in [3.63, 3.8) is 0 Å². The topological polar surface area (TPSA) is 42.9 Å². The van der Waals surface area contributed by atoms with Gasteiger partial charge in [-0.05, 0) is 45.9 Å². The monoisotopic (exact) mass is 473 g/mol. The number of benzene rings is 1. The van der Waals surface area contributed by atoms with Gasteiger partial charge in [0.2, 0.25) is 0 Å². The number of guanidine groups is 1. The average molecular weight is 473 g/mol. The lowest BCUT2D eigenvalue weighted by Gasteiger charge is -2.32. The van der Waals surface area contributed by atoms with Crippen molar-refractivity contribution in [3.8, 4) is 0 Å². The Morgan fingerprint density at radius 2 is 1.62 bits per heavy atom. The Bertz CT molecular complexity index is 542. The maximum atomic E-state index is 4.70. The normalized spacial score (nSPS) is 16.9. The zero-order valence-electron chi connectivity index (χ0n) is 17.0. The van der Waals surface area contributed by atoms with Crippen molar-refractivity contribution in [1.29, 1.82) is 0 Å². The fourth-order valence-corrected chi connectivity index (χ4v) is 2.85. The van der Waals surface area contributed by atoms with Crippen molar-refractivity contribution in [2.75, 3.05) is 39.8 Å². The highest BCUT2D eigenvalue weighted by molar-refractivity contribution is 14.0. The molecule has 1 aliphatic heterocycles. The van der Waals surface area contributed by atoms with Crippen LogP contribution in [0.3, 0.4) is 0 Å². The van der Waals surface area contributed by atoms with E-state index in [0.29, 0.717) is 6.54 Å². The Labute approximate surface area is 176 Å². The molecule has 1 saturated heterocycles. The molecule has 26 heavy (non-hydrogen) atoms. The van der Waals surface area contributed by atoms with Crippen molar-refractivity contribution in [3.05, 3.63) is 35.4 Å². The molecular weight excluding hydrogens is 437 g/mol. The maximum absolute atomic E-state index is 4.70. The molecule has 0 saturated carbocycles. The van der Waals surface area contributed by atoms with E-state index in [9.17, 15) is 0 Å². The van der Waals surface area contributed by atoms with Gasteiger partial charge in [-0.2, -0.15) is 0 Å². The predicted molar refractivity (Wildman–Crippen MR) is 122 cm³/mol. The molecule has 0 unspecified atom stereocenters. The largest absolute Gasteiger partial charge is 0.357 e. The third-order valence-electron chi connectivity index (χ3n) is 4.28. The first-order valence-electron chi connectivity index (χ1n) is 9.41. The zero-order valence-corrected chi connectivity index (χ0v) is 19.3. The van der Waals surface area contributed by atoms with Gasteiger partial charge in [-0.3, -0.25) is 4.90 Å². The number of hydrogen-bond donors (Lipinski definition) is 2. The maximum Gasteiger partial charge on any atom is 0.191 e. The number of nitrogens with one attached hydrogen (secondary N) is 2. The van der Waals surface area contributed by atoms with Crippen molar-refractivity contribution in [1.82, 2.24) is 20.4 Å². The van der Waals surface area contributed by atoms with E-state index in [0.717, 1.165) is 32.1 Å². The van der Waals surface area contributed by atoms with Gasteiger partial charge in [0.05, 0.1) is 6.54 Å². The Balaban J connectivity index is 0.00000338. The second-order valence-corrected chi connectivity index (χ2v) is 7.97. The van der Waals surface area contributed by atoms with E-state index in [1.165, 1.54) is 24.2 Å². The highest BCUT2D eigenvalue weighted by Gasteiger charge is 2.14. The van der Waals surface area contributed by atoms with Gasteiger partial charge in [-0.25, -0.2) is 4.99 Å². The number of aliphatic imine (C=N–C) groups is 1. The van der Waals surface area contributed by atoms with Crippen molar-refractivity contribution < 1.29 is 0 Å². The van der Waals surface area contributed by atoms with Crippen LogP contribution in [0, 0.1) is 0 Å². The summed E-state index contributed by atoms with van der Waals surface area (Å²) in [7, 11) is 2.20. The molecular formula is C20H36IN5. The Morgan fingerprint density at radius 1 is 1.04 bits per heavy atom. The molecule has 2 N–H and O–H groups in total. The molecule has 0 spiro atoms. The standard InChI is InChI=1S/C20H35N5.HI/c1-6-21-19(23-20(2,3)4)22-15-17-7-9-18(10-8-17)16-25-13-11-24(5)12-14-25;/h7-10H,6,11-16H2,1-5H3,(H2,21,22,23);1H. The Kier molecular flexibility index (Phi) is 9.89. The van der Waals surface area contributed by atoms with Crippen LogP contribution in [0.5, 0.6) is 0 Å².